The fourth-order valence-electron chi connectivity index (χ4n) is 2.34. The molecule has 0 saturated carbocycles. The Labute approximate surface area is 136 Å². The van der Waals surface area contributed by atoms with Gasteiger partial charge >= 0.3 is 0 Å². The van der Waals surface area contributed by atoms with Crippen molar-refractivity contribution in [3.63, 3.8) is 0 Å². The third-order valence-electron chi connectivity index (χ3n) is 3.65. The number of piperidine rings is 1. The van der Waals surface area contributed by atoms with Crippen molar-refractivity contribution in [1.82, 2.24) is 4.31 Å². The molecule has 0 bridgehead atoms. The molecule has 0 atom stereocenters. The van der Waals surface area contributed by atoms with Crippen molar-refractivity contribution in [1.29, 1.82) is 0 Å². The Morgan fingerprint density at radius 1 is 1.24 bits per heavy atom. The van der Waals surface area contributed by atoms with Crippen LogP contribution in [-0.2, 0) is 10.0 Å². The number of benzene rings is 1. The molecule has 4 nitrogen and oxygen atoms in total. The number of nitrogens with zero attached hydrogens (tertiary/aromatic N) is 1. The van der Waals surface area contributed by atoms with Crippen LogP contribution in [0.25, 0.3) is 0 Å². The summed E-state index contributed by atoms with van der Waals surface area (Å²) in [7, 11) is -3.61. The van der Waals surface area contributed by atoms with Gasteiger partial charge in [0.1, 0.15) is 10.6 Å². The molecule has 0 aromatic heterocycles. The summed E-state index contributed by atoms with van der Waals surface area (Å²) in [5.74, 6) is 0.950. The zero-order chi connectivity index (χ0) is 15.6. The van der Waals surface area contributed by atoms with Crippen molar-refractivity contribution in [3.8, 4) is 5.75 Å². The van der Waals surface area contributed by atoms with Gasteiger partial charge in [0.15, 0.2) is 0 Å². The highest BCUT2D eigenvalue weighted by molar-refractivity contribution is 7.89. The van der Waals surface area contributed by atoms with Gasteiger partial charge in [0.2, 0.25) is 10.0 Å². The Morgan fingerprint density at radius 2 is 1.86 bits per heavy atom. The average molecular weight is 352 g/mol. The Morgan fingerprint density at radius 3 is 2.43 bits per heavy atom. The first-order chi connectivity index (χ1) is 9.86. The fourth-order valence-corrected chi connectivity index (χ4v) is 4.61. The van der Waals surface area contributed by atoms with Gasteiger partial charge in [-0.05, 0) is 31.7 Å². The summed E-state index contributed by atoms with van der Waals surface area (Å²) in [6.07, 6.45) is 1.73. The maximum Gasteiger partial charge on any atom is 0.244 e. The predicted molar refractivity (Wildman–Crippen MR) is 84.8 cm³/mol. The van der Waals surface area contributed by atoms with E-state index < -0.39 is 10.0 Å². The molecule has 1 aromatic carbocycles. The minimum Gasteiger partial charge on any atom is -0.492 e. The van der Waals surface area contributed by atoms with Gasteiger partial charge in [0.05, 0.1) is 16.7 Å². The number of rotatable bonds is 4. The van der Waals surface area contributed by atoms with Gasteiger partial charge < -0.3 is 4.74 Å². The summed E-state index contributed by atoms with van der Waals surface area (Å²) in [5, 5.41) is 0.395. The number of halogens is 2. The molecular formula is C14H19Cl2NO3S. The molecule has 118 valence electrons. The standard InChI is InChI=1S/C14H19Cl2NO3S/c1-3-20-13-8-12(16)14(9-11(13)15)21(18,19)17-6-4-10(2)5-7-17/h8-10H,3-7H2,1-2H3. The topological polar surface area (TPSA) is 46.6 Å². The van der Waals surface area contributed by atoms with Crippen LogP contribution in [0.2, 0.25) is 10.0 Å². The van der Waals surface area contributed by atoms with Crippen molar-refractivity contribution >= 4 is 33.2 Å². The minimum absolute atomic E-state index is 0.0483. The third kappa shape index (κ3) is 3.65. The molecule has 0 spiro atoms. The van der Waals surface area contributed by atoms with Crippen LogP contribution in [0, 0.1) is 5.92 Å². The van der Waals surface area contributed by atoms with E-state index in [9.17, 15) is 8.42 Å². The van der Waals surface area contributed by atoms with E-state index in [4.69, 9.17) is 27.9 Å². The normalized spacial score (nSPS) is 17.9. The lowest BCUT2D eigenvalue weighted by atomic mass is 10.0. The SMILES string of the molecule is CCOc1cc(Cl)c(S(=O)(=O)N2CCC(C)CC2)cc1Cl. The van der Waals surface area contributed by atoms with Gasteiger partial charge in [-0.1, -0.05) is 30.1 Å². The molecule has 2 rings (SSSR count). The lowest BCUT2D eigenvalue weighted by Gasteiger charge is -2.29. The van der Waals surface area contributed by atoms with Crippen molar-refractivity contribution in [3.05, 3.63) is 22.2 Å². The van der Waals surface area contributed by atoms with Gasteiger partial charge in [-0.25, -0.2) is 8.42 Å². The second kappa shape index (κ2) is 6.73. The van der Waals surface area contributed by atoms with Crippen molar-refractivity contribution < 1.29 is 13.2 Å². The number of hydrogen-bond acceptors (Lipinski definition) is 3. The first kappa shape index (κ1) is 16.9. The van der Waals surface area contributed by atoms with Gasteiger partial charge in [-0.15, -0.1) is 0 Å². The molecule has 0 radical (unpaired) electrons. The van der Waals surface area contributed by atoms with Crippen LogP contribution in [0.4, 0.5) is 0 Å². The van der Waals surface area contributed by atoms with E-state index in [0.717, 1.165) is 12.8 Å². The lowest BCUT2D eigenvalue weighted by molar-refractivity contribution is 0.288. The molecule has 1 fully saturated rings. The first-order valence-electron chi connectivity index (χ1n) is 6.98. The van der Waals surface area contributed by atoms with E-state index in [2.05, 4.69) is 6.92 Å². The molecule has 1 aromatic rings. The lowest BCUT2D eigenvalue weighted by Crippen LogP contribution is -2.38. The zero-order valence-electron chi connectivity index (χ0n) is 12.1. The molecule has 0 aliphatic carbocycles. The fraction of sp³-hybridized carbons (Fsp3) is 0.571. The second-order valence-electron chi connectivity index (χ2n) is 5.23. The van der Waals surface area contributed by atoms with E-state index in [1.165, 1.54) is 16.4 Å². The van der Waals surface area contributed by atoms with E-state index >= 15 is 0 Å². The van der Waals surface area contributed by atoms with Crippen LogP contribution in [0.3, 0.4) is 0 Å². The van der Waals surface area contributed by atoms with E-state index in [-0.39, 0.29) is 14.9 Å². The molecule has 1 aliphatic rings. The van der Waals surface area contributed by atoms with E-state index in [1.807, 2.05) is 6.92 Å². The highest BCUT2D eigenvalue weighted by Crippen LogP contribution is 2.35. The maximum absolute atomic E-state index is 12.7. The maximum atomic E-state index is 12.7. The first-order valence-corrected chi connectivity index (χ1v) is 9.17. The molecule has 0 amide bonds. The van der Waals surface area contributed by atoms with Crippen LogP contribution in [0.15, 0.2) is 17.0 Å². The minimum atomic E-state index is -3.61. The van der Waals surface area contributed by atoms with Crippen LogP contribution < -0.4 is 4.74 Å². The van der Waals surface area contributed by atoms with Crippen LogP contribution in [0.1, 0.15) is 26.7 Å². The average Bonchev–Trinajstić information content (AvgIpc) is 2.43. The number of hydrogen-bond donors (Lipinski definition) is 0. The molecule has 0 N–H and O–H groups in total. The smallest absolute Gasteiger partial charge is 0.244 e. The summed E-state index contributed by atoms with van der Waals surface area (Å²) in [6.45, 7) is 5.43. The van der Waals surface area contributed by atoms with Gasteiger partial charge in [-0.2, -0.15) is 4.31 Å². The highest BCUT2D eigenvalue weighted by atomic mass is 35.5. The van der Waals surface area contributed by atoms with Gasteiger partial charge in [0.25, 0.3) is 0 Å². The summed E-state index contributed by atoms with van der Waals surface area (Å²) < 4.78 is 32.2. The monoisotopic (exact) mass is 351 g/mol. The largest absolute Gasteiger partial charge is 0.492 e. The quantitative estimate of drug-likeness (QED) is 0.828. The van der Waals surface area contributed by atoms with Crippen molar-refractivity contribution in [2.75, 3.05) is 19.7 Å². The van der Waals surface area contributed by atoms with Crippen LogP contribution in [-0.4, -0.2) is 32.4 Å². The van der Waals surface area contributed by atoms with E-state index in [0.29, 0.717) is 31.4 Å². The Kier molecular flexibility index (Phi) is 5.41. The summed E-state index contributed by atoms with van der Waals surface area (Å²) in [6, 6.07) is 2.84. The Balaban J connectivity index is 2.34. The molecule has 7 heteroatoms. The molecule has 1 heterocycles. The second-order valence-corrected chi connectivity index (χ2v) is 7.95. The van der Waals surface area contributed by atoms with E-state index in [1.54, 1.807) is 0 Å². The van der Waals surface area contributed by atoms with Crippen LogP contribution in [0.5, 0.6) is 5.75 Å². The van der Waals surface area contributed by atoms with Gasteiger partial charge in [0, 0.05) is 19.2 Å². The molecular weight excluding hydrogens is 333 g/mol. The number of ether oxygens (including phenoxy) is 1. The molecule has 1 saturated heterocycles. The number of sulfonamides is 1. The van der Waals surface area contributed by atoms with Gasteiger partial charge in [-0.3, -0.25) is 0 Å². The van der Waals surface area contributed by atoms with Crippen molar-refractivity contribution in [2.45, 2.75) is 31.6 Å². The molecule has 0 unspecified atom stereocenters. The highest BCUT2D eigenvalue weighted by Gasteiger charge is 2.30. The summed E-state index contributed by atoms with van der Waals surface area (Å²) in [4.78, 5) is 0.0483. The Bertz CT molecular complexity index is 611. The van der Waals surface area contributed by atoms with Crippen LogP contribution >= 0.6 is 23.2 Å². The molecule has 1 aliphatic heterocycles. The third-order valence-corrected chi connectivity index (χ3v) is 6.31. The zero-order valence-corrected chi connectivity index (χ0v) is 14.4. The Hall–Kier alpha value is -0.490. The summed E-state index contributed by atoms with van der Waals surface area (Å²) >= 11 is 12.2. The summed E-state index contributed by atoms with van der Waals surface area (Å²) in [5.41, 5.74) is 0. The molecule has 21 heavy (non-hydrogen) atoms. The van der Waals surface area contributed by atoms with Crippen molar-refractivity contribution in [2.24, 2.45) is 5.92 Å². The predicted octanol–water partition coefficient (Wildman–Crippen LogP) is 3.81.